The largest absolute Gasteiger partial charge is 0.379 e. The molecule has 4 heteroatoms. The molecule has 0 aromatic rings. The van der Waals surface area contributed by atoms with Gasteiger partial charge in [-0.05, 0) is 18.9 Å². The highest BCUT2D eigenvalue weighted by molar-refractivity contribution is 5.80. The normalized spacial score (nSPS) is 26.1. The number of amides is 1. The van der Waals surface area contributed by atoms with E-state index >= 15 is 0 Å². The first-order valence-electron chi connectivity index (χ1n) is 6.86. The summed E-state index contributed by atoms with van der Waals surface area (Å²) in [6.07, 6.45) is 0. The summed E-state index contributed by atoms with van der Waals surface area (Å²) in [5, 5.41) is 3.34. The van der Waals surface area contributed by atoms with E-state index in [1.54, 1.807) is 0 Å². The van der Waals surface area contributed by atoms with E-state index in [0.717, 1.165) is 6.54 Å². The maximum atomic E-state index is 12.5. The van der Waals surface area contributed by atoms with Gasteiger partial charge in [-0.15, -0.1) is 0 Å². The molecule has 0 bridgehead atoms. The molecule has 0 aliphatic carbocycles. The number of rotatable bonds is 4. The van der Waals surface area contributed by atoms with Crippen LogP contribution in [0.3, 0.4) is 0 Å². The molecule has 0 saturated carbocycles. The van der Waals surface area contributed by atoms with Gasteiger partial charge in [0.2, 0.25) is 5.91 Å². The number of carbonyl (C=O) groups is 1. The van der Waals surface area contributed by atoms with Gasteiger partial charge in [0.05, 0.1) is 19.1 Å². The fraction of sp³-hybridized carbons (Fsp3) is 0.929. The maximum Gasteiger partial charge on any atom is 0.229 e. The summed E-state index contributed by atoms with van der Waals surface area (Å²) >= 11 is 0. The summed E-state index contributed by atoms with van der Waals surface area (Å²) in [5.74, 6) is 0.153. The van der Waals surface area contributed by atoms with Crippen LogP contribution in [0.25, 0.3) is 0 Å². The fourth-order valence-corrected chi connectivity index (χ4v) is 2.29. The molecule has 0 spiro atoms. The van der Waals surface area contributed by atoms with E-state index in [-0.39, 0.29) is 29.3 Å². The summed E-state index contributed by atoms with van der Waals surface area (Å²) in [6, 6.07) is 0.380. The van der Waals surface area contributed by atoms with Crippen LogP contribution in [0.15, 0.2) is 0 Å². The number of nitrogens with zero attached hydrogens (tertiary/aromatic N) is 1. The maximum absolute atomic E-state index is 12.5. The summed E-state index contributed by atoms with van der Waals surface area (Å²) in [5.41, 5.74) is 0.0948. The molecule has 1 fully saturated rings. The van der Waals surface area contributed by atoms with Gasteiger partial charge in [-0.3, -0.25) is 4.79 Å². The topological polar surface area (TPSA) is 41.6 Å². The highest BCUT2D eigenvalue weighted by Crippen LogP contribution is 2.25. The Bertz CT molecular complexity index is 286. The van der Waals surface area contributed by atoms with Gasteiger partial charge in [0.25, 0.3) is 0 Å². The summed E-state index contributed by atoms with van der Waals surface area (Å²) in [6.45, 7) is 12.7. The molecule has 0 aromatic carbocycles. The van der Waals surface area contributed by atoms with Crippen molar-refractivity contribution in [2.24, 2.45) is 11.3 Å². The van der Waals surface area contributed by atoms with Crippen molar-refractivity contribution in [1.29, 1.82) is 0 Å². The molecule has 3 unspecified atom stereocenters. The molecule has 1 heterocycles. The van der Waals surface area contributed by atoms with Crippen molar-refractivity contribution in [1.82, 2.24) is 10.2 Å². The van der Waals surface area contributed by atoms with Crippen LogP contribution >= 0.6 is 0 Å². The molecule has 4 nitrogen and oxygen atoms in total. The number of hydrogen-bond acceptors (Lipinski definition) is 3. The standard InChI is InChI=1S/C14H28N2O2/c1-7-15-12-9-18-8-11(12)13(17)16(6)10(2)14(3,4)5/h10-12,15H,7-9H2,1-6H3. The molecular weight excluding hydrogens is 228 g/mol. The Labute approximate surface area is 111 Å². The molecule has 1 rings (SSSR count). The van der Waals surface area contributed by atoms with Gasteiger partial charge in [-0.2, -0.15) is 0 Å². The van der Waals surface area contributed by atoms with Crippen LogP contribution in [-0.4, -0.2) is 49.7 Å². The predicted octanol–water partition coefficient (Wildman–Crippen LogP) is 1.50. The van der Waals surface area contributed by atoms with E-state index in [1.165, 1.54) is 0 Å². The first kappa shape index (κ1) is 15.4. The first-order chi connectivity index (χ1) is 8.29. The van der Waals surface area contributed by atoms with Crippen LogP contribution in [0, 0.1) is 11.3 Å². The summed E-state index contributed by atoms with van der Waals surface area (Å²) in [7, 11) is 1.90. The highest BCUT2D eigenvalue weighted by atomic mass is 16.5. The number of carbonyl (C=O) groups excluding carboxylic acids is 1. The zero-order valence-corrected chi connectivity index (χ0v) is 12.6. The van der Waals surface area contributed by atoms with Gasteiger partial charge in [0.1, 0.15) is 0 Å². The molecule has 3 atom stereocenters. The van der Waals surface area contributed by atoms with Crippen LogP contribution in [0.5, 0.6) is 0 Å². The van der Waals surface area contributed by atoms with Gasteiger partial charge in [0.15, 0.2) is 0 Å². The van der Waals surface area contributed by atoms with Crippen molar-refractivity contribution in [2.75, 3.05) is 26.8 Å². The smallest absolute Gasteiger partial charge is 0.229 e. The molecule has 1 aliphatic rings. The first-order valence-corrected chi connectivity index (χ1v) is 6.86. The van der Waals surface area contributed by atoms with E-state index in [2.05, 4.69) is 39.9 Å². The number of nitrogens with one attached hydrogen (secondary N) is 1. The molecular formula is C14H28N2O2. The second kappa shape index (κ2) is 6.02. The van der Waals surface area contributed by atoms with Crippen LogP contribution in [0.4, 0.5) is 0 Å². The monoisotopic (exact) mass is 256 g/mol. The van der Waals surface area contributed by atoms with Crippen molar-refractivity contribution >= 4 is 5.91 Å². The number of hydrogen-bond donors (Lipinski definition) is 1. The Morgan fingerprint density at radius 2 is 2.06 bits per heavy atom. The third kappa shape index (κ3) is 3.45. The van der Waals surface area contributed by atoms with Gasteiger partial charge in [-0.1, -0.05) is 27.7 Å². The van der Waals surface area contributed by atoms with Crippen molar-refractivity contribution in [3.8, 4) is 0 Å². The molecule has 106 valence electrons. The van der Waals surface area contributed by atoms with Gasteiger partial charge >= 0.3 is 0 Å². The molecule has 0 aromatic heterocycles. The zero-order valence-electron chi connectivity index (χ0n) is 12.6. The predicted molar refractivity (Wildman–Crippen MR) is 73.5 cm³/mol. The zero-order chi connectivity index (χ0) is 13.9. The molecule has 18 heavy (non-hydrogen) atoms. The van der Waals surface area contributed by atoms with Crippen molar-refractivity contribution < 1.29 is 9.53 Å². The van der Waals surface area contributed by atoms with Crippen molar-refractivity contribution in [3.63, 3.8) is 0 Å². The SMILES string of the molecule is CCNC1COCC1C(=O)N(C)C(C)C(C)(C)C. The second-order valence-electron chi connectivity index (χ2n) is 6.30. The average Bonchev–Trinajstić information content (AvgIpc) is 2.73. The molecule has 0 radical (unpaired) electrons. The minimum atomic E-state index is -0.0419. The Balaban J connectivity index is 2.68. The lowest BCUT2D eigenvalue weighted by molar-refractivity contribution is -0.138. The fourth-order valence-electron chi connectivity index (χ4n) is 2.29. The van der Waals surface area contributed by atoms with Gasteiger partial charge in [0, 0.05) is 19.1 Å². The molecule has 1 amide bonds. The lowest BCUT2D eigenvalue weighted by Crippen LogP contribution is -2.50. The highest BCUT2D eigenvalue weighted by Gasteiger charge is 2.38. The van der Waals surface area contributed by atoms with Crippen LogP contribution in [0.1, 0.15) is 34.6 Å². The van der Waals surface area contributed by atoms with Crippen molar-refractivity contribution in [3.05, 3.63) is 0 Å². The summed E-state index contributed by atoms with van der Waals surface area (Å²) in [4.78, 5) is 14.4. The van der Waals surface area contributed by atoms with Crippen LogP contribution in [0.2, 0.25) is 0 Å². The Kier molecular flexibility index (Phi) is 5.17. The van der Waals surface area contributed by atoms with E-state index < -0.39 is 0 Å². The van der Waals surface area contributed by atoms with Crippen LogP contribution < -0.4 is 5.32 Å². The minimum absolute atomic E-state index is 0.0419. The van der Waals surface area contributed by atoms with Gasteiger partial charge in [-0.25, -0.2) is 0 Å². The lowest BCUT2D eigenvalue weighted by atomic mass is 9.86. The Morgan fingerprint density at radius 1 is 1.44 bits per heavy atom. The minimum Gasteiger partial charge on any atom is -0.379 e. The van der Waals surface area contributed by atoms with E-state index in [1.807, 2.05) is 11.9 Å². The second-order valence-corrected chi connectivity index (χ2v) is 6.30. The third-order valence-corrected chi connectivity index (χ3v) is 4.05. The van der Waals surface area contributed by atoms with E-state index in [0.29, 0.717) is 13.2 Å². The van der Waals surface area contributed by atoms with E-state index in [4.69, 9.17) is 4.74 Å². The van der Waals surface area contributed by atoms with E-state index in [9.17, 15) is 4.79 Å². The number of ether oxygens (including phenoxy) is 1. The molecule has 1 saturated heterocycles. The Morgan fingerprint density at radius 3 is 2.56 bits per heavy atom. The Hall–Kier alpha value is -0.610. The van der Waals surface area contributed by atoms with Crippen LogP contribution in [-0.2, 0) is 9.53 Å². The quantitative estimate of drug-likeness (QED) is 0.829. The summed E-state index contributed by atoms with van der Waals surface area (Å²) < 4.78 is 5.45. The average molecular weight is 256 g/mol. The molecule has 1 N–H and O–H groups in total. The lowest BCUT2D eigenvalue weighted by Gasteiger charge is -2.37. The number of likely N-dealkylation sites (N-methyl/N-ethyl adjacent to an activating group) is 1. The molecule has 1 aliphatic heterocycles. The van der Waals surface area contributed by atoms with Gasteiger partial charge < -0.3 is 15.0 Å². The third-order valence-electron chi connectivity index (χ3n) is 4.05. The van der Waals surface area contributed by atoms with Crippen molar-refractivity contribution in [2.45, 2.75) is 46.7 Å².